The average molecular weight is 266 g/mol. The van der Waals surface area contributed by atoms with Gasteiger partial charge in [0.05, 0.1) is 19.3 Å². The Labute approximate surface area is 116 Å². The first kappa shape index (κ1) is 14.8. The molecule has 0 radical (unpaired) electrons. The summed E-state index contributed by atoms with van der Waals surface area (Å²) >= 11 is 0. The maximum absolute atomic E-state index is 9.41. The van der Waals surface area contributed by atoms with Gasteiger partial charge in [-0.25, -0.2) is 0 Å². The van der Waals surface area contributed by atoms with Crippen LogP contribution in [-0.4, -0.2) is 38.0 Å². The van der Waals surface area contributed by atoms with Crippen molar-refractivity contribution >= 4 is 0 Å². The fourth-order valence-corrected chi connectivity index (χ4v) is 2.58. The molecule has 0 amide bonds. The number of nitrogens with zero attached hydrogens (tertiary/aromatic N) is 1. The maximum Gasteiger partial charge on any atom is 0.106 e. The van der Waals surface area contributed by atoms with E-state index in [1.807, 2.05) is 0 Å². The quantitative estimate of drug-likeness (QED) is 0.650. The molecule has 4 heteroatoms. The molecule has 0 aromatic carbocycles. The van der Waals surface area contributed by atoms with Crippen LogP contribution in [0.2, 0.25) is 0 Å². The van der Waals surface area contributed by atoms with Crippen molar-refractivity contribution in [3.05, 3.63) is 0 Å². The Morgan fingerprint density at radius 2 is 2.26 bits per heavy atom. The first-order valence-corrected chi connectivity index (χ1v) is 7.62. The van der Waals surface area contributed by atoms with Crippen LogP contribution in [0.4, 0.5) is 0 Å². The summed E-state index contributed by atoms with van der Waals surface area (Å²) in [6, 6.07) is 3.06. The molecule has 0 bridgehead atoms. The summed E-state index contributed by atoms with van der Waals surface area (Å²) in [5, 5.41) is 12.9. The number of hydrogen-bond acceptors (Lipinski definition) is 4. The molecule has 1 aliphatic carbocycles. The summed E-state index contributed by atoms with van der Waals surface area (Å²) in [4.78, 5) is 0. The minimum Gasteiger partial charge on any atom is -0.381 e. The molecule has 0 aromatic rings. The number of ether oxygens (including phenoxy) is 2. The highest BCUT2D eigenvalue weighted by molar-refractivity contribution is 5.09. The molecule has 1 saturated carbocycles. The minimum atomic E-state index is -0.332. The van der Waals surface area contributed by atoms with Crippen LogP contribution in [0.3, 0.4) is 0 Å². The molecule has 108 valence electrons. The van der Waals surface area contributed by atoms with Crippen LogP contribution in [-0.2, 0) is 9.47 Å². The van der Waals surface area contributed by atoms with Gasteiger partial charge >= 0.3 is 0 Å². The number of nitriles is 1. The van der Waals surface area contributed by atoms with Gasteiger partial charge in [-0.15, -0.1) is 0 Å². The second-order valence-electron chi connectivity index (χ2n) is 5.87. The standard InChI is InChI=1S/C15H26N2O2/c1-2-15(12-16,17-14-4-5-14)7-3-8-18-10-13-6-9-19-11-13/h13-14,17H,2-11H2,1H3. The largest absolute Gasteiger partial charge is 0.381 e. The lowest BCUT2D eigenvalue weighted by atomic mass is 9.92. The topological polar surface area (TPSA) is 54.3 Å². The predicted molar refractivity (Wildman–Crippen MR) is 73.8 cm³/mol. The molecule has 1 heterocycles. The Balaban J connectivity index is 1.60. The third kappa shape index (κ3) is 4.76. The van der Waals surface area contributed by atoms with E-state index in [0.29, 0.717) is 12.0 Å². The fraction of sp³-hybridized carbons (Fsp3) is 0.933. The van der Waals surface area contributed by atoms with Crippen molar-refractivity contribution in [2.24, 2.45) is 5.92 Å². The zero-order valence-corrected chi connectivity index (χ0v) is 12.0. The SMILES string of the molecule is CCC(C#N)(CCCOCC1CCOC1)NC1CC1. The van der Waals surface area contributed by atoms with E-state index in [-0.39, 0.29) is 5.54 Å². The van der Waals surface area contributed by atoms with E-state index in [1.165, 1.54) is 12.8 Å². The zero-order chi connectivity index (χ0) is 13.6. The van der Waals surface area contributed by atoms with E-state index in [2.05, 4.69) is 18.3 Å². The van der Waals surface area contributed by atoms with Gasteiger partial charge in [-0.3, -0.25) is 5.32 Å². The first-order valence-electron chi connectivity index (χ1n) is 7.62. The Bertz CT molecular complexity index is 306. The summed E-state index contributed by atoms with van der Waals surface area (Å²) in [6.07, 6.45) is 6.28. The molecule has 2 unspecified atom stereocenters. The zero-order valence-electron chi connectivity index (χ0n) is 12.0. The highest BCUT2D eigenvalue weighted by atomic mass is 16.5. The van der Waals surface area contributed by atoms with E-state index in [4.69, 9.17) is 9.47 Å². The van der Waals surface area contributed by atoms with Gasteiger partial charge in [0.2, 0.25) is 0 Å². The number of rotatable bonds is 9. The lowest BCUT2D eigenvalue weighted by Crippen LogP contribution is -2.44. The summed E-state index contributed by atoms with van der Waals surface area (Å²) in [5.41, 5.74) is -0.332. The molecule has 1 N–H and O–H groups in total. The predicted octanol–water partition coefficient (Wildman–Crippen LogP) is 2.24. The van der Waals surface area contributed by atoms with E-state index in [9.17, 15) is 5.26 Å². The van der Waals surface area contributed by atoms with Crippen molar-refractivity contribution in [2.45, 2.75) is 57.0 Å². The lowest BCUT2D eigenvalue weighted by molar-refractivity contribution is 0.0843. The minimum absolute atomic E-state index is 0.332. The summed E-state index contributed by atoms with van der Waals surface area (Å²) < 4.78 is 11.0. The molecular weight excluding hydrogens is 240 g/mol. The molecule has 2 rings (SSSR count). The number of hydrogen-bond donors (Lipinski definition) is 1. The van der Waals surface area contributed by atoms with Gasteiger partial charge in [0.25, 0.3) is 0 Å². The van der Waals surface area contributed by atoms with Crippen LogP contribution >= 0.6 is 0 Å². The van der Waals surface area contributed by atoms with Crippen molar-refractivity contribution < 1.29 is 9.47 Å². The highest BCUT2D eigenvalue weighted by Crippen LogP contribution is 2.26. The van der Waals surface area contributed by atoms with Crippen molar-refractivity contribution in [2.75, 3.05) is 26.4 Å². The Kier molecular flexibility index (Phi) is 5.62. The second kappa shape index (κ2) is 7.23. The van der Waals surface area contributed by atoms with Crippen LogP contribution in [0, 0.1) is 17.2 Å². The van der Waals surface area contributed by atoms with E-state index < -0.39 is 0 Å². The van der Waals surface area contributed by atoms with Crippen molar-refractivity contribution in [3.63, 3.8) is 0 Å². The van der Waals surface area contributed by atoms with Gasteiger partial charge in [0, 0.05) is 25.2 Å². The molecule has 0 aromatic heterocycles. The fourth-order valence-electron chi connectivity index (χ4n) is 2.58. The van der Waals surface area contributed by atoms with Crippen molar-refractivity contribution in [1.29, 1.82) is 5.26 Å². The molecule has 2 aliphatic rings. The maximum atomic E-state index is 9.41. The molecule has 1 saturated heterocycles. The van der Waals surface area contributed by atoms with Crippen molar-refractivity contribution in [1.82, 2.24) is 5.32 Å². The summed E-state index contributed by atoms with van der Waals surface area (Å²) in [7, 11) is 0. The molecule has 0 spiro atoms. The summed E-state index contributed by atoms with van der Waals surface area (Å²) in [5.74, 6) is 0.580. The Morgan fingerprint density at radius 3 is 2.84 bits per heavy atom. The lowest BCUT2D eigenvalue weighted by Gasteiger charge is -2.26. The van der Waals surface area contributed by atoms with Crippen molar-refractivity contribution in [3.8, 4) is 6.07 Å². The van der Waals surface area contributed by atoms with Gasteiger partial charge < -0.3 is 9.47 Å². The molecule has 2 atom stereocenters. The van der Waals surface area contributed by atoms with Crippen LogP contribution in [0.25, 0.3) is 0 Å². The molecule has 4 nitrogen and oxygen atoms in total. The van der Waals surface area contributed by atoms with E-state index in [1.54, 1.807) is 0 Å². The van der Waals surface area contributed by atoms with Gasteiger partial charge in [-0.1, -0.05) is 6.92 Å². The Morgan fingerprint density at radius 1 is 1.42 bits per heavy atom. The van der Waals surface area contributed by atoms with Gasteiger partial charge in [-0.2, -0.15) is 5.26 Å². The normalized spacial score (nSPS) is 26.0. The van der Waals surface area contributed by atoms with Crippen LogP contribution in [0.15, 0.2) is 0 Å². The summed E-state index contributed by atoms with van der Waals surface area (Å²) in [6.45, 7) is 5.39. The van der Waals surface area contributed by atoms with Gasteiger partial charge in [0.1, 0.15) is 5.54 Å². The molecule has 19 heavy (non-hydrogen) atoms. The molecule has 2 fully saturated rings. The molecule has 1 aliphatic heterocycles. The third-order valence-electron chi connectivity index (χ3n) is 4.15. The first-order chi connectivity index (χ1) is 9.28. The smallest absolute Gasteiger partial charge is 0.106 e. The second-order valence-corrected chi connectivity index (χ2v) is 5.87. The Hall–Kier alpha value is -0.630. The van der Waals surface area contributed by atoms with Crippen LogP contribution in [0.1, 0.15) is 45.4 Å². The van der Waals surface area contributed by atoms with E-state index >= 15 is 0 Å². The van der Waals surface area contributed by atoms with Gasteiger partial charge in [-0.05, 0) is 38.5 Å². The highest BCUT2D eigenvalue weighted by Gasteiger charge is 2.34. The third-order valence-corrected chi connectivity index (χ3v) is 4.15. The van der Waals surface area contributed by atoms with Crippen LogP contribution < -0.4 is 5.32 Å². The van der Waals surface area contributed by atoms with E-state index in [0.717, 1.165) is 52.1 Å². The number of nitrogens with one attached hydrogen (secondary N) is 1. The molecular formula is C15H26N2O2. The monoisotopic (exact) mass is 266 g/mol. The average Bonchev–Trinajstić information content (AvgIpc) is 3.09. The van der Waals surface area contributed by atoms with Gasteiger partial charge in [0.15, 0.2) is 0 Å². The van der Waals surface area contributed by atoms with Crippen LogP contribution in [0.5, 0.6) is 0 Å².